The fourth-order valence-electron chi connectivity index (χ4n) is 1.69. The lowest BCUT2D eigenvalue weighted by Crippen LogP contribution is -2.27. The monoisotopic (exact) mass is 224 g/mol. The van der Waals surface area contributed by atoms with Gasteiger partial charge in [0.15, 0.2) is 0 Å². The number of unbranched alkanes of at least 4 members (excludes halogenated alkanes) is 2. The van der Waals surface area contributed by atoms with Gasteiger partial charge in [-0.2, -0.15) is 0 Å². The van der Waals surface area contributed by atoms with Crippen molar-refractivity contribution in [1.82, 2.24) is 0 Å². The second kappa shape index (κ2) is 7.29. The van der Waals surface area contributed by atoms with Crippen LogP contribution in [0.2, 0.25) is 0 Å². The van der Waals surface area contributed by atoms with E-state index in [1.165, 1.54) is 0 Å². The lowest BCUT2D eigenvalue weighted by Gasteiger charge is -2.13. The topological polar surface area (TPSA) is 46.5 Å². The minimum absolute atomic E-state index is 0.296. The number of hydrogen-bond donors (Lipinski definition) is 1. The predicted molar refractivity (Wildman–Crippen MR) is 61.6 cm³/mol. The van der Waals surface area contributed by atoms with E-state index in [9.17, 15) is 9.90 Å². The largest absolute Gasteiger partial charge is 0.465 e. The fraction of sp³-hybridized carbons (Fsp3) is 0.769. The molecule has 3 heteroatoms. The van der Waals surface area contributed by atoms with Crippen LogP contribution in [-0.2, 0) is 9.53 Å². The zero-order valence-corrected chi connectivity index (χ0v) is 9.87. The summed E-state index contributed by atoms with van der Waals surface area (Å²) in [6.07, 6.45) is 4.55. The number of esters is 1. The third-order valence-corrected chi connectivity index (χ3v) is 2.74. The molecular formula is C13H20O3. The van der Waals surface area contributed by atoms with Gasteiger partial charge >= 0.3 is 5.97 Å². The Labute approximate surface area is 97.2 Å². The molecule has 0 aliphatic carbocycles. The smallest absolute Gasteiger partial charge is 0.312 e. The van der Waals surface area contributed by atoms with Crippen LogP contribution in [-0.4, -0.2) is 23.8 Å². The molecule has 0 aromatic carbocycles. The summed E-state index contributed by atoms with van der Waals surface area (Å²) in [7, 11) is 0. The standard InChI is InChI=1S/C13H20O3/c1-2-3-4-5-9-12(14)11-8-6-7-10-16-13(11)15/h11-12,14H,2-4,6-8,10H2,1H3/t11-,12-/m1/s1. The van der Waals surface area contributed by atoms with Crippen molar-refractivity contribution >= 4 is 5.97 Å². The highest BCUT2D eigenvalue weighted by atomic mass is 16.5. The fourth-order valence-corrected chi connectivity index (χ4v) is 1.69. The maximum atomic E-state index is 11.5. The second-order valence-electron chi connectivity index (χ2n) is 4.14. The van der Waals surface area contributed by atoms with Crippen molar-refractivity contribution in [3.63, 3.8) is 0 Å². The zero-order valence-electron chi connectivity index (χ0n) is 9.87. The van der Waals surface area contributed by atoms with Gasteiger partial charge in [-0.15, -0.1) is 5.92 Å². The molecule has 2 atom stereocenters. The third-order valence-electron chi connectivity index (χ3n) is 2.74. The van der Waals surface area contributed by atoms with Crippen molar-refractivity contribution in [2.45, 2.75) is 51.6 Å². The van der Waals surface area contributed by atoms with Gasteiger partial charge in [0.1, 0.15) is 6.10 Å². The van der Waals surface area contributed by atoms with Crippen LogP contribution in [0.15, 0.2) is 0 Å². The van der Waals surface area contributed by atoms with E-state index in [1.54, 1.807) is 0 Å². The first kappa shape index (κ1) is 13.1. The molecule has 0 aromatic rings. The number of carbonyl (C=O) groups is 1. The van der Waals surface area contributed by atoms with Crippen molar-refractivity contribution in [1.29, 1.82) is 0 Å². The summed E-state index contributed by atoms with van der Waals surface area (Å²) in [5.74, 6) is 4.92. The van der Waals surface area contributed by atoms with Crippen molar-refractivity contribution in [3.8, 4) is 11.8 Å². The molecule has 1 N–H and O–H groups in total. The van der Waals surface area contributed by atoms with Gasteiger partial charge in [-0.3, -0.25) is 4.79 Å². The van der Waals surface area contributed by atoms with Crippen molar-refractivity contribution < 1.29 is 14.6 Å². The summed E-state index contributed by atoms with van der Waals surface area (Å²) in [6, 6.07) is 0. The van der Waals surface area contributed by atoms with Gasteiger partial charge in [0.05, 0.1) is 12.5 Å². The predicted octanol–water partition coefficient (Wildman–Crippen LogP) is 1.88. The lowest BCUT2D eigenvalue weighted by atomic mass is 9.97. The summed E-state index contributed by atoms with van der Waals surface area (Å²) in [5.41, 5.74) is 0. The molecule has 0 radical (unpaired) electrons. The molecule has 16 heavy (non-hydrogen) atoms. The Balaban J connectivity index is 2.45. The maximum Gasteiger partial charge on any atom is 0.312 e. The third kappa shape index (κ3) is 4.24. The van der Waals surface area contributed by atoms with Gasteiger partial charge in [0.2, 0.25) is 0 Å². The van der Waals surface area contributed by atoms with Crippen LogP contribution >= 0.6 is 0 Å². The second-order valence-corrected chi connectivity index (χ2v) is 4.14. The van der Waals surface area contributed by atoms with Crippen LogP contribution in [0.1, 0.15) is 45.4 Å². The Hall–Kier alpha value is -1.01. The van der Waals surface area contributed by atoms with Crippen LogP contribution in [0.25, 0.3) is 0 Å². The first-order valence-electron chi connectivity index (χ1n) is 6.08. The highest BCUT2D eigenvalue weighted by molar-refractivity contribution is 5.73. The molecule has 0 aromatic heterocycles. The number of rotatable bonds is 3. The van der Waals surface area contributed by atoms with Gasteiger partial charge < -0.3 is 9.84 Å². The number of cyclic esters (lactones) is 1. The Morgan fingerprint density at radius 3 is 3.12 bits per heavy atom. The molecular weight excluding hydrogens is 204 g/mol. The molecule has 90 valence electrons. The van der Waals surface area contributed by atoms with E-state index < -0.39 is 12.0 Å². The number of aliphatic hydroxyl groups excluding tert-OH is 1. The minimum Gasteiger partial charge on any atom is -0.465 e. The maximum absolute atomic E-state index is 11.5. The average Bonchev–Trinajstić information content (AvgIpc) is 2.49. The Kier molecular flexibility index (Phi) is 5.95. The number of carbonyl (C=O) groups excluding carboxylic acids is 1. The lowest BCUT2D eigenvalue weighted by molar-refractivity contribution is -0.149. The van der Waals surface area contributed by atoms with Gasteiger partial charge in [-0.1, -0.05) is 19.3 Å². The highest BCUT2D eigenvalue weighted by Gasteiger charge is 2.28. The molecule has 1 rings (SSSR count). The molecule has 0 bridgehead atoms. The van der Waals surface area contributed by atoms with Crippen LogP contribution in [0, 0.1) is 17.8 Å². The van der Waals surface area contributed by atoms with Gasteiger partial charge in [-0.25, -0.2) is 0 Å². The Morgan fingerprint density at radius 1 is 1.56 bits per heavy atom. The van der Waals surface area contributed by atoms with Crippen LogP contribution in [0.3, 0.4) is 0 Å². The molecule has 0 amide bonds. The molecule has 1 aliphatic heterocycles. The van der Waals surface area contributed by atoms with Crippen LogP contribution in [0.4, 0.5) is 0 Å². The average molecular weight is 224 g/mol. The summed E-state index contributed by atoms with van der Waals surface area (Å²) in [6.45, 7) is 2.58. The summed E-state index contributed by atoms with van der Waals surface area (Å²) < 4.78 is 5.00. The number of aliphatic hydroxyl groups is 1. The van der Waals surface area contributed by atoms with E-state index >= 15 is 0 Å². The molecule has 0 spiro atoms. The molecule has 1 heterocycles. The SMILES string of the molecule is CCCCC#C[C@@H](O)[C@H]1CCCCOC1=O. The summed E-state index contributed by atoms with van der Waals surface area (Å²) in [4.78, 5) is 11.5. The molecule has 1 aliphatic rings. The van der Waals surface area contributed by atoms with Crippen molar-refractivity contribution in [2.24, 2.45) is 5.92 Å². The van der Waals surface area contributed by atoms with Crippen LogP contribution in [0.5, 0.6) is 0 Å². The van der Waals surface area contributed by atoms with Gasteiger partial charge in [-0.05, 0) is 25.7 Å². The molecule has 0 unspecified atom stereocenters. The van der Waals surface area contributed by atoms with Gasteiger partial charge in [0.25, 0.3) is 0 Å². The highest BCUT2D eigenvalue weighted by Crippen LogP contribution is 2.18. The number of ether oxygens (including phenoxy) is 1. The summed E-state index contributed by atoms with van der Waals surface area (Å²) in [5, 5.41) is 9.79. The molecule has 0 saturated carbocycles. The summed E-state index contributed by atoms with van der Waals surface area (Å²) >= 11 is 0. The molecule has 3 nitrogen and oxygen atoms in total. The van der Waals surface area contributed by atoms with E-state index in [0.29, 0.717) is 13.0 Å². The van der Waals surface area contributed by atoms with E-state index in [-0.39, 0.29) is 5.97 Å². The van der Waals surface area contributed by atoms with E-state index in [2.05, 4.69) is 18.8 Å². The Bertz CT molecular complexity index is 275. The quantitative estimate of drug-likeness (QED) is 0.452. The Morgan fingerprint density at radius 2 is 2.38 bits per heavy atom. The minimum atomic E-state index is -0.859. The zero-order chi connectivity index (χ0) is 11.8. The molecule has 1 fully saturated rings. The van der Waals surface area contributed by atoms with Crippen LogP contribution < -0.4 is 0 Å². The van der Waals surface area contributed by atoms with Crippen molar-refractivity contribution in [3.05, 3.63) is 0 Å². The van der Waals surface area contributed by atoms with E-state index in [1.807, 2.05) is 0 Å². The van der Waals surface area contributed by atoms with E-state index in [0.717, 1.165) is 32.1 Å². The van der Waals surface area contributed by atoms with Gasteiger partial charge in [0, 0.05) is 6.42 Å². The first-order valence-corrected chi connectivity index (χ1v) is 6.08. The number of hydrogen-bond acceptors (Lipinski definition) is 3. The first-order chi connectivity index (χ1) is 7.75. The van der Waals surface area contributed by atoms with Crippen molar-refractivity contribution in [2.75, 3.05) is 6.61 Å². The molecule has 1 saturated heterocycles. The van der Waals surface area contributed by atoms with E-state index in [4.69, 9.17) is 4.74 Å². The normalized spacial score (nSPS) is 22.6.